The quantitative estimate of drug-likeness (QED) is 0.552. The van der Waals surface area contributed by atoms with Gasteiger partial charge in [-0.05, 0) is 25.1 Å². The highest BCUT2D eigenvalue weighted by atomic mass is 16.5. The van der Waals surface area contributed by atoms with Crippen LogP contribution in [0, 0.1) is 6.92 Å². The summed E-state index contributed by atoms with van der Waals surface area (Å²) in [5.74, 6) is 3.06. The number of morpholine rings is 1. The second kappa shape index (κ2) is 9.54. The average Bonchev–Trinajstić information content (AvgIpc) is 3.45. The Labute approximate surface area is 186 Å². The van der Waals surface area contributed by atoms with Gasteiger partial charge in [0.15, 0.2) is 11.5 Å². The van der Waals surface area contributed by atoms with Crippen molar-refractivity contribution in [3.63, 3.8) is 0 Å². The topological polar surface area (TPSA) is 98.2 Å². The lowest BCUT2D eigenvalue weighted by atomic mass is 10.1. The molecule has 4 rings (SSSR count). The number of hydrogen-bond acceptors (Lipinski definition) is 7. The first kappa shape index (κ1) is 22.0. The summed E-state index contributed by atoms with van der Waals surface area (Å²) in [5.41, 5.74) is 1.04. The molecule has 0 radical (unpaired) electrons. The van der Waals surface area contributed by atoms with Gasteiger partial charge < -0.3 is 33.7 Å². The Morgan fingerprint density at radius 1 is 1.12 bits per heavy atom. The molecular formula is C23H29N3O6. The van der Waals surface area contributed by atoms with Gasteiger partial charge in [0.2, 0.25) is 0 Å². The molecule has 9 heteroatoms. The number of fused-ring (bicyclic) bond motifs is 1. The van der Waals surface area contributed by atoms with E-state index in [-0.39, 0.29) is 11.9 Å². The Bertz CT molecular complexity index is 1080. The van der Waals surface area contributed by atoms with Crippen LogP contribution >= 0.6 is 0 Å². The number of methoxy groups -OCH3 is 3. The zero-order chi connectivity index (χ0) is 22.7. The van der Waals surface area contributed by atoms with Crippen LogP contribution in [0.1, 0.15) is 28.1 Å². The summed E-state index contributed by atoms with van der Waals surface area (Å²) in [6, 6.07) is 7.32. The van der Waals surface area contributed by atoms with Gasteiger partial charge in [-0.2, -0.15) is 0 Å². The highest BCUT2D eigenvalue weighted by Gasteiger charge is 2.26. The Morgan fingerprint density at radius 2 is 1.88 bits per heavy atom. The number of nitrogens with one attached hydrogen (secondary N) is 2. The van der Waals surface area contributed by atoms with Gasteiger partial charge in [-0.25, -0.2) is 0 Å². The minimum Gasteiger partial charge on any atom is -0.496 e. The van der Waals surface area contributed by atoms with Crippen molar-refractivity contribution >= 4 is 16.8 Å². The summed E-state index contributed by atoms with van der Waals surface area (Å²) in [4.78, 5) is 18.5. The molecule has 1 aliphatic heterocycles. The molecule has 1 saturated heterocycles. The predicted molar refractivity (Wildman–Crippen MR) is 119 cm³/mol. The number of carbonyl (C=O) groups excluding carboxylic acids is 1. The van der Waals surface area contributed by atoms with Gasteiger partial charge in [0, 0.05) is 31.1 Å². The summed E-state index contributed by atoms with van der Waals surface area (Å²) >= 11 is 0. The van der Waals surface area contributed by atoms with Crippen molar-refractivity contribution in [1.82, 2.24) is 15.2 Å². The third-order valence-corrected chi connectivity index (χ3v) is 5.72. The molecule has 0 saturated carbocycles. The van der Waals surface area contributed by atoms with E-state index >= 15 is 0 Å². The number of hydrogen-bond donors (Lipinski definition) is 2. The molecule has 1 amide bonds. The number of aryl methyl sites for hydroxylation is 1. The van der Waals surface area contributed by atoms with E-state index in [1.54, 1.807) is 33.5 Å². The molecule has 1 atom stereocenters. The first-order chi connectivity index (χ1) is 15.5. The number of aromatic nitrogens is 1. The van der Waals surface area contributed by atoms with Gasteiger partial charge in [-0.3, -0.25) is 9.69 Å². The molecule has 2 N–H and O–H groups in total. The zero-order valence-electron chi connectivity index (χ0n) is 18.8. The molecule has 0 aliphatic carbocycles. The van der Waals surface area contributed by atoms with E-state index in [1.807, 2.05) is 19.1 Å². The van der Waals surface area contributed by atoms with E-state index in [9.17, 15) is 4.79 Å². The molecule has 3 heterocycles. The number of ether oxygens (including phenoxy) is 4. The van der Waals surface area contributed by atoms with Crippen LogP contribution in [0.3, 0.4) is 0 Å². The van der Waals surface area contributed by atoms with Gasteiger partial charge in [-0.1, -0.05) is 0 Å². The predicted octanol–water partition coefficient (Wildman–Crippen LogP) is 2.90. The first-order valence-corrected chi connectivity index (χ1v) is 10.5. The third-order valence-electron chi connectivity index (χ3n) is 5.72. The lowest BCUT2D eigenvalue weighted by Crippen LogP contribution is -2.43. The second-order valence-corrected chi connectivity index (χ2v) is 7.61. The highest BCUT2D eigenvalue weighted by molar-refractivity contribution is 6.02. The largest absolute Gasteiger partial charge is 0.496 e. The van der Waals surface area contributed by atoms with E-state index in [1.165, 1.54) is 0 Å². The maximum Gasteiger partial charge on any atom is 0.267 e. The van der Waals surface area contributed by atoms with Crippen LogP contribution < -0.4 is 19.5 Å². The van der Waals surface area contributed by atoms with Crippen molar-refractivity contribution in [2.45, 2.75) is 13.0 Å². The number of amides is 1. The Kier molecular flexibility index (Phi) is 6.57. The van der Waals surface area contributed by atoms with Gasteiger partial charge in [0.1, 0.15) is 23.0 Å². The zero-order valence-corrected chi connectivity index (χ0v) is 18.8. The summed E-state index contributed by atoms with van der Waals surface area (Å²) in [7, 11) is 4.69. The van der Waals surface area contributed by atoms with E-state index < -0.39 is 0 Å². The lowest BCUT2D eigenvalue weighted by molar-refractivity contribution is 0.0117. The fourth-order valence-electron chi connectivity index (χ4n) is 4.07. The minimum atomic E-state index is -0.231. The fraction of sp³-hybridized carbons (Fsp3) is 0.435. The molecule has 0 unspecified atom stereocenters. The molecule has 9 nitrogen and oxygen atoms in total. The summed E-state index contributed by atoms with van der Waals surface area (Å²) in [6.45, 7) is 5.19. The van der Waals surface area contributed by atoms with Crippen molar-refractivity contribution in [2.75, 3.05) is 54.2 Å². The second-order valence-electron chi connectivity index (χ2n) is 7.61. The van der Waals surface area contributed by atoms with Crippen LogP contribution in [0.4, 0.5) is 0 Å². The van der Waals surface area contributed by atoms with E-state index in [4.69, 9.17) is 23.4 Å². The van der Waals surface area contributed by atoms with Crippen LogP contribution in [0.2, 0.25) is 0 Å². The number of benzene rings is 1. The monoisotopic (exact) mass is 443 g/mol. The Hall–Kier alpha value is -3.17. The lowest BCUT2D eigenvalue weighted by Gasteiger charge is -2.33. The van der Waals surface area contributed by atoms with Crippen LogP contribution in [0.5, 0.6) is 17.2 Å². The normalized spacial score (nSPS) is 15.5. The number of nitrogens with zero attached hydrogens (tertiary/aromatic N) is 1. The van der Waals surface area contributed by atoms with Gasteiger partial charge >= 0.3 is 0 Å². The Morgan fingerprint density at radius 3 is 2.50 bits per heavy atom. The molecule has 1 fully saturated rings. The first-order valence-electron chi connectivity index (χ1n) is 10.5. The van der Waals surface area contributed by atoms with Crippen LogP contribution in [0.25, 0.3) is 10.9 Å². The molecule has 32 heavy (non-hydrogen) atoms. The van der Waals surface area contributed by atoms with E-state index in [0.29, 0.717) is 48.2 Å². The molecule has 1 aromatic carbocycles. The fourth-order valence-corrected chi connectivity index (χ4v) is 4.07. The van der Waals surface area contributed by atoms with Crippen molar-refractivity contribution in [3.8, 4) is 17.2 Å². The summed E-state index contributed by atoms with van der Waals surface area (Å²) in [6.07, 6.45) is 0. The molecular weight excluding hydrogens is 414 g/mol. The SMILES string of the molecule is COc1cc(OC)c2cc(C(=O)NC[C@@H](c3ccc(C)o3)N3CCOCC3)[nH]c2c1OC. The van der Waals surface area contributed by atoms with E-state index in [0.717, 1.165) is 30.0 Å². The van der Waals surface area contributed by atoms with Crippen molar-refractivity contribution in [3.05, 3.63) is 41.5 Å². The summed E-state index contributed by atoms with van der Waals surface area (Å²) < 4.78 is 27.8. The number of carbonyl (C=O) groups is 1. The number of rotatable bonds is 8. The number of aromatic amines is 1. The van der Waals surface area contributed by atoms with E-state index in [2.05, 4.69) is 15.2 Å². The van der Waals surface area contributed by atoms with Crippen molar-refractivity contribution in [2.24, 2.45) is 0 Å². The highest BCUT2D eigenvalue weighted by Crippen LogP contribution is 2.41. The smallest absolute Gasteiger partial charge is 0.267 e. The minimum absolute atomic E-state index is 0.0786. The van der Waals surface area contributed by atoms with Crippen LogP contribution in [-0.2, 0) is 4.74 Å². The molecule has 0 bridgehead atoms. The van der Waals surface area contributed by atoms with Crippen LogP contribution in [0.15, 0.2) is 28.7 Å². The maximum atomic E-state index is 13.1. The maximum absolute atomic E-state index is 13.1. The standard InChI is InChI=1S/C23H29N3O6/c1-14-5-6-18(32-14)17(26-7-9-31-10-8-26)13-24-23(27)16-11-15-19(28-2)12-20(29-3)22(30-4)21(15)25-16/h5-6,11-12,17,25H,7-10,13H2,1-4H3,(H,24,27)/t17-/m0/s1. The summed E-state index contributed by atoms with van der Waals surface area (Å²) in [5, 5.41) is 3.78. The number of furan rings is 1. The van der Waals surface area contributed by atoms with Crippen LogP contribution in [-0.4, -0.2) is 70.0 Å². The van der Waals surface area contributed by atoms with Crippen molar-refractivity contribution < 1.29 is 28.2 Å². The van der Waals surface area contributed by atoms with Gasteiger partial charge in [0.05, 0.1) is 46.1 Å². The van der Waals surface area contributed by atoms with Gasteiger partial charge in [0.25, 0.3) is 5.91 Å². The molecule has 3 aromatic rings. The molecule has 172 valence electrons. The molecule has 0 spiro atoms. The third kappa shape index (κ3) is 4.26. The number of H-pyrrole nitrogens is 1. The molecule has 2 aromatic heterocycles. The average molecular weight is 444 g/mol. The Balaban J connectivity index is 1.58. The molecule has 1 aliphatic rings. The van der Waals surface area contributed by atoms with Gasteiger partial charge in [-0.15, -0.1) is 0 Å². The van der Waals surface area contributed by atoms with Crippen molar-refractivity contribution in [1.29, 1.82) is 0 Å².